The van der Waals surface area contributed by atoms with E-state index in [2.05, 4.69) is 5.32 Å². The van der Waals surface area contributed by atoms with Crippen LogP contribution in [0.4, 0.5) is 4.79 Å². The van der Waals surface area contributed by atoms with Gasteiger partial charge in [-0.05, 0) is 18.4 Å². The van der Waals surface area contributed by atoms with Crippen molar-refractivity contribution in [2.45, 2.75) is 36.4 Å². The average Bonchev–Trinajstić information content (AvgIpc) is 2.41. The number of halogens is 1. The molecule has 1 rings (SSSR count). The standard InChI is InChI=1S/C14H20INO3/c15-13(17)9-5-2-6-10-16-14(18)19-11-12-7-3-1-4-8-12/h1,3-4,7-8,13,17H,2,5-6,9-11H2,(H,16,18). The molecule has 2 N–H and O–H groups in total. The minimum absolute atomic E-state index is 0.263. The van der Waals surface area contributed by atoms with Crippen LogP contribution in [0, 0.1) is 0 Å². The summed E-state index contributed by atoms with van der Waals surface area (Å²) in [7, 11) is 0. The van der Waals surface area contributed by atoms with Gasteiger partial charge in [0.25, 0.3) is 0 Å². The average molecular weight is 377 g/mol. The largest absolute Gasteiger partial charge is 0.445 e. The van der Waals surface area contributed by atoms with Crippen molar-refractivity contribution < 1.29 is 14.6 Å². The number of amides is 1. The number of carbonyl (C=O) groups is 1. The third kappa shape index (κ3) is 8.83. The second kappa shape index (κ2) is 10.0. The molecule has 1 amide bonds. The first kappa shape index (κ1) is 16.2. The van der Waals surface area contributed by atoms with Crippen LogP contribution in [-0.2, 0) is 11.3 Å². The van der Waals surface area contributed by atoms with E-state index in [1.54, 1.807) is 0 Å². The first-order chi connectivity index (χ1) is 9.18. The lowest BCUT2D eigenvalue weighted by atomic mass is 10.2. The highest BCUT2D eigenvalue weighted by atomic mass is 127. The van der Waals surface area contributed by atoms with Crippen LogP contribution in [0.5, 0.6) is 0 Å². The predicted molar refractivity (Wildman–Crippen MR) is 83.1 cm³/mol. The van der Waals surface area contributed by atoms with E-state index in [4.69, 9.17) is 9.84 Å². The minimum atomic E-state index is -0.377. The highest BCUT2D eigenvalue weighted by Crippen LogP contribution is 2.08. The third-order valence-electron chi connectivity index (χ3n) is 2.60. The van der Waals surface area contributed by atoms with Gasteiger partial charge >= 0.3 is 6.09 Å². The van der Waals surface area contributed by atoms with Crippen molar-refractivity contribution >= 4 is 28.7 Å². The third-order valence-corrected chi connectivity index (χ3v) is 3.22. The van der Waals surface area contributed by atoms with Crippen LogP contribution in [0.1, 0.15) is 31.2 Å². The second-order valence-electron chi connectivity index (χ2n) is 4.27. The van der Waals surface area contributed by atoms with E-state index >= 15 is 0 Å². The molecule has 1 atom stereocenters. The Morgan fingerprint density at radius 1 is 1.26 bits per heavy atom. The van der Waals surface area contributed by atoms with Gasteiger partial charge in [0.15, 0.2) is 0 Å². The fourth-order valence-corrected chi connectivity index (χ4v) is 2.02. The van der Waals surface area contributed by atoms with Gasteiger partial charge in [-0.3, -0.25) is 0 Å². The molecule has 0 heterocycles. The lowest BCUT2D eigenvalue weighted by Gasteiger charge is -2.07. The van der Waals surface area contributed by atoms with E-state index in [-0.39, 0.29) is 10.2 Å². The van der Waals surface area contributed by atoms with Crippen LogP contribution >= 0.6 is 22.6 Å². The molecular weight excluding hydrogens is 357 g/mol. The van der Waals surface area contributed by atoms with Gasteiger partial charge in [0.05, 0.1) is 0 Å². The molecule has 1 aromatic rings. The summed E-state index contributed by atoms with van der Waals surface area (Å²) in [4.78, 5) is 11.4. The Bertz CT molecular complexity index is 357. The zero-order valence-electron chi connectivity index (χ0n) is 10.8. The smallest absolute Gasteiger partial charge is 0.407 e. The van der Waals surface area contributed by atoms with Crippen molar-refractivity contribution in [1.82, 2.24) is 5.32 Å². The molecule has 0 aromatic heterocycles. The van der Waals surface area contributed by atoms with Crippen LogP contribution in [-0.4, -0.2) is 21.9 Å². The van der Waals surface area contributed by atoms with Crippen LogP contribution in [0.2, 0.25) is 0 Å². The van der Waals surface area contributed by atoms with E-state index in [0.717, 1.165) is 31.2 Å². The predicted octanol–water partition coefficient (Wildman–Crippen LogP) is 3.23. The molecule has 0 aliphatic carbocycles. The Hall–Kier alpha value is -0.820. The number of aliphatic hydroxyl groups is 1. The number of ether oxygens (including phenoxy) is 1. The molecule has 1 aromatic carbocycles. The van der Waals surface area contributed by atoms with Crippen molar-refractivity contribution in [3.8, 4) is 0 Å². The summed E-state index contributed by atoms with van der Waals surface area (Å²) in [6.07, 6.45) is 3.31. The maximum absolute atomic E-state index is 11.4. The SMILES string of the molecule is O=C(NCCCCCC(O)I)OCc1ccccc1. The molecule has 0 aliphatic heterocycles. The summed E-state index contributed by atoms with van der Waals surface area (Å²) >= 11 is 2.00. The maximum Gasteiger partial charge on any atom is 0.407 e. The number of carbonyl (C=O) groups excluding carboxylic acids is 1. The number of aliphatic hydroxyl groups excluding tert-OH is 1. The first-order valence-electron chi connectivity index (χ1n) is 6.45. The Kier molecular flexibility index (Phi) is 8.57. The monoisotopic (exact) mass is 377 g/mol. The topological polar surface area (TPSA) is 58.6 Å². The van der Waals surface area contributed by atoms with Gasteiger partial charge in [0.2, 0.25) is 0 Å². The van der Waals surface area contributed by atoms with Crippen LogP contribution in [0.15, 0.2) is 30.3 Å². The molecule has 0 saturated carbocycles. The maximum atomic E-state index is 11.4. The van der Waals surface area contributed by atoms with Crippen molar-refractivity contribution in [3.63, 3.8) is 0 Å². The molecule has 0 fully saturated rings. The van der Waals surface area contributed by atoms with Gasteiger partial charge in [-0.1, -0.05) is 65.8 Å². The summed E-state index contributed by atoms with van der Waals surface area (Å²) in [5.74, 6) is 0. The first-order valence-corrected chi connectivity index (χ1v) is 7.70. The van der Waals surface area contributed by atoms with Gasteiger partial charge in [0, 0.05) is 6.54 Å². The molecule has 0 saturated heterocycles. The number of alkyl halides is 1. The Balaban J connectivity index is 1.99. The summed E-state index contributed by atoms with van der Waals surface area (Å²) in [6.45, 7) is 0.915. The fourth-order valence-electron chi connectivity index (χ4n) is 1.58. The van der Waals surface area contributed by atoms with Crippen molar-refractivity contribution in [2.24, 2.45) is 0 Å². The Labute approximate surface area is 127 Å². The summed E-state index contributed by atoms with van der Waals surface area (Å²) < 4.78 is 4.82. The number of nitrogens with one attached hydrogen (secondary N) is 1. The number of alkyl carbamates (subject to hydrolysis) is 1. The lowest BCUT2D eigenvalue weighted by Crippen LogP contribution is -2.25. The molecule has 5 heteroatoms. The number of benzene rings is 1. The molecule has 106 valence electrons. The van der Waals surface area contributed by atoms with Crippen LogP contribution < -0.4 is 5.32 Å². The zero-order valence-corrected chi connectivity index (χ0v) is 13.0. The normalized spacial score (nSPS) is 11.9. The van der Waals surface area contributed by atoms with Crippen LogP contribution in [0.25, 0.3) is 0 Å². The summed E-state index contributed by atoms with van der Waals surface area (Å²) in [6, 6.07) is 9.60. The highest BCUT2D eigenvalue weighted by Gasteiger charge is 2.02. The molecule has 0 bridgehead atoms. The molecule has 0 aliphatic rings. The second-order valence-corrected chi connectivity index (χ2v) is 5.71. The molecule has 19 heavy (non-hydrogen) atoms. The molecule has 1 unspecified atom stereocenters. The quantitative estimate of drug-likeness (QED) is 0.416. The van der Waals surface area contributed by atoms with Gasteiger partial charge in [-0.15, -0.1) is 0 Å². The van der Waals surface area contributed by atoms with E-state index in [1.165, 1.54) is 0 Å². The van der Waals surface area contributed by atoms with E-state index in [1.807, 2.05) is 52.9 Å². The summed E-state index contributed by atoms with van der Waals surface area (Å²) in [5.41, 5.74) is 0.980. The van der Waals surface area contributed by atoms with E-state index in [9.17, 15) is 4.79 Å². The van der Waals surface area contributed by atoms with Gasteiger partial charge in [-0.25, -0.2) is 4.79 Å². The van der Waals surface area contributed by atoms with Crippen molar-refractivity contribution in [1.29, 1.82) is 0 Å². The van der Waals surface area contributed by atoms with Crippen molar-refractivity contribution in [3.05, 3.63) is 35.9 Å². The number of hydrogen-bond donors (Lipinski definition) is 2. The lowest BCUT2D eigenvalue weighted by molar-refractivity contribution is 0.139. The van der Waals surface area contributed by atoms with Gasteiger partial charge < -0.3 is 15.2 Å². The van der Waals surface area contributed by atoms with Crippen LogP contribution in [0.3, 0.4) is 0 Å². The Morgan fingerprint density at radius 3 is 2.68 bits per heavy atom. The molecule has 0 radical (unpaired) electrons. The number of unbranched alkanes of at least 4 members (excludes halogenated alkanes) is 2. The molecule has 4 nitrogen and oxygen atoms in total. The minimum Gasteiger partial charge on any atom is -0.445 e. The molecule has 0 spiro atoms. The highest BCUT2D eigenvalue weighted by molar-refractivity contribution is 14.1. The number of hydrogen-bond acceptors (Lipinski definition) is 3. The molecular formula is C14H20INO3. The zero-order chi connectivity index (χ0) is 13.9. The van der Waals surface area contributed by atoms with E-state index in [0.29, 0.717) is 13.2 Å². The summed E-state index contributed by atoms with van der Waals surface area (Å²) in [5, 5.41) is 11.8. The van der Waals surface area contributed by atoms with Gasteiger partial charge in [0.1, 0.15) is 10.7 Å². The number of rotatable bonds is 8. The Morgan fingerprint density at radius 2 is 2.00 bits per heavy atom. The fraction of sp³-hybridized carbons (Fsp3) is 0.500. The van der Waals surface area contributed by atoms with Gasteiger partial charge in [-0.2, -0.15) is 0 Å². The van der Waals surface area contributed by atoms with Crippen molar-refractivity contribution in [2.75, 3.05) is 6.54 Å². The van der Waals surface area contributed by atoms with E-state index < -0.39 is 0 Å².